The smallest absolute Gasteiger partial charge is 0.252 e. The van der Waals surface area contributed by atoms with Crippen molar-refractivity contribution in [3.63, 3.8) is 0 Å². The average molecular weight is 284 g/mol. The topological polar surface area (TPSA) is 45.3 Å². The second-order valence-corrected chi connectivity index (χ2v) is 6.02. The number of hydrogen-bond donors (Lipinski definition) is 1. The van der Waals surface area contributed by atoms with Gasteiger partial charge in [-0.05, 0) is 37.8 Å². The molecule has 0 radical (unpaired) electrons. The lowest BCUT2D eigenvalue weighted by molar-refractivity contribution is -0.143. The lowest BCUT2D eigenvalue weighted by Gasteiger charge is -2.35. The van der Waals surface area contributed by atoms with E-state index in [2.05, 4.69) is 30.1 Å². The van der Waals surface area contributed by atoms with E-state index in [4.69, 9.17) is 4.74 Å². The van der Waals surface area contributed by atoms with Crippen molar-refractivity contribution in [1.82, 2.24) is 9.88 Å². The van der Waals surface area contributed by atoms with Crippen LogP contribution < -0.4 is 0 Å². The van der Waals surface area contributed by atoms with Crippen LogP contribution in [0.3, 0.4) is 0 Å². The molecule has 4 rings (SSSR count). The van der Waals surface area contributed by atoms with Crippen LogP contribution in [0.2, 0.25) is 0 Å². The zero-order valence-electron chi connectivity index (χ0n) is 12.3. The van der Waals surface area contributed by atoms with Crippen LogP contribution in [0.25, 0.3) is 10.9 Å². The molecule has 1 fully saturated rings. The third kappa shape index (κ3) is 1.97. The summed E-state index contributed by atoms with van der Waals surface area (Å²) in [5.41, 5.74) is 3.73. The van der Waals surface area contributed by atoms with E-state index >= 15 is 0 Å². The van der Waals surface area contributed by atoms with Gasteiger partial charge >= 0.3 is 0 Å². The number of hydrogen-bond acceptors (Lipinski definition) is 2. The normalized spacial score (nSPS) is 25.3. The summed E-state index contributed by atoms with van der Waals surface area (Å²) in [5.74, 6) is 0.157. The van der Waals surface area contributed by atoms with Crippen molar-refractivity contribution in [2.45, 2.75) is 38.3 Å². The Kier molecular flexibility index (Phi) is 3.00. The van der Waals surface area contributed by atoms with Gasteiger partial charge in [0.15, 0.2) is 0 Å². The molecule has 2 aromatic rings. The minimum absolute atomic E-state index is 0.0952. The van der Waals surface area contributed by atoms with E-state index in [1.165, 1.54) is 22.2 Å². The first kappa shape index (κ1) is 12.9. The van der Waals surface area contributed by atoms with Crippen LogP contribution in [-0.4, -0.2) is 35.0 Å². The number of fused-ring (bicyclic) bond motifs is 3. The Labute approximate surface area is 124 Å². The first-order valence-corrected chi connectivity index (χ1v) is 7.77. The molecule has 3 heterocycles. The lowest BCUT2D eigenvalue weighted by Crippen LogP contribution is -2.44. The van der Waals surface area contributed by atoms with Gasteiger partial charge in [0.25, 0.3) is 5.91 Å². The van der Waals surface area contributed by atoms with E-state index in [0.29, 0.717) is 0 Å². The lowest BCUT2D eigenvalue weighted by atomic mass is 9.97. The Morgan fingerprint density at radius 3 is 3.05 bits per heavy atom. The van der Waals surface area contributed by atoms with Crippen molar-refractivity contribution in [3.8, 4) is 0 Å². The molecule has 0 bridgehead atoms. The second-order valence-electron chi connectivity index (χ2n) is 6.02. The number of ether oxygens (including phenoxy) is 1. The van der Waals surface area contributed by atoms with E-state index in [1.54, 1.807) is 0 Å². The molecule has 4 heteroatoms. The van der Waals surface area contributed by atoms with Gasteiger partial charge in [-0.1, -0.05) is 18.2 Å². The van der Waals surface area contributed by atoms with Crippen molar-refractivity contribution in [3.05, 3.63) is 35.5 Å². The van der Waals surface area contributed by atoms with Gasteiger partial charge in [0.1, 0.15) is 6.10 Å². The minimum Gasteiger partial charge on any atom is -0.368 e. The first-order chi connectivity index (χ1) is 10.3. The number of benzene rings is 1. The van der Waals surface area contributed by atoms with E-state index in [1.807, 2.05) is 11.0 Å². The van der Waals surface area contributed by atoms with Crippen molar-refractivity contribution in [1.29, 1.82) is 0 Å². The maximum absolute atomic E-state index is 12.6. The highest BCUT2D eigenvalue weighted by Gasteiger charge is 2.35. The van der Waals surface area contributed by atoms with E-state index in [9.17, 15) is 4.79 Å². The van der Waals surface area contributed by atoms with Gasteiger partial charge in [0, 0.05) is 29.7 Å². The zero-order valence-corrected chi connectivity index (χ0v) is 12.3. The molecule has 2 atom stereocenters. The molecule has 0 saturated carbocycles. The highest BCUT2D eigenvalue weighted by molar-refractivity contribution is 5.87. The average Bonchev–Trinajstić information content (AvgIpc) is 3.15. The predicted octanol–water partition coefficient (Wildman–Crippen LogP) is 2.79. The molecule has 1 amide bonds. The SMILES string of the molecule is C[C@@H]1c2[nH]c3ccccc3c2CCN1C(=O)[C@H]1CCCO1. The van der Waals surface area contributed by atoms with Crippen LogP contribution >= 0.6 is 0 Å². The van der Waals surface area contributed by atoms with Gasteiger partial charge < -0.3 is 14.6 Å². The Bertz CT molecular complexity index is 685. The molecule has 1 aromatic carbocycles. The molecule has 0 aliphatic carbocycles. The molecule has 1 aromatic heterocycles. The van der Waals surface area contributed by atoms with Crippen LogP contribution in [0.4, 0.5) is 0 Å². The van der Waals surface area contributed by atoms with Gasteiger partial charge in [-0.3, -0.25) is 4.79 Å². The summed E-state index contributed by atoms with van der Waals surface area (Å²) in [6.45, 7) is 3.62. The van der Waals surface area contributed by atoms with Crippen molar-refractivity contribution in [2.24, 2.45) is 0 Å². The van der Waals surface area contributed by atoms with Crippen LogP contribution in [0.1, 0.15) is 37.1 Å². The number of rotatable bonds is 1. The molecule has 1 saturated heterocycles. The fourth-order valence-corrected chi connectivity index (χ4v) is 3.69. The number of aromatic amines is 1. The molecule has 0 spiro atoms. The summed E-state index contributed by atoms with van der Waals surface area (Å²) >= 11 is 0. The molecule has 1 N–H and O–H groups in total. The zero-order chi connectivity index (χ0) is 14.4. The Morgan fingerprint density at radius 1 is 1.38 bits per heavy atom. The number of para-hydroxylation sites is 1. The van der Waals surface area contributed by atoms with Gasteiger partial charge in [-0.25, -0.2) is 0 Å². The Hall–Kier alpha value is -1.81. The van der Waals surface area contributed by atoms with Crippen molar-refractivity contribution in [2.75, 3.05) is 13.2 Å². The summed E-state index contributed by atoms with van der Waals surface area (Å²) in [4.78, 5) is 18.1. The van der Waals surface area contributed by atoms with Gasteiger partial charge in [0.05, 0.1) is 6.04 Å². The molecule has 4 nitrogen and oxygen atoms in total. The van der Waals surface area contributed by atoms with E-state index in [0.717, 1.165) is 32.4 Å². The number of nitrogens with one attached hydrogen (secondary N) is 1. The van der Waals surface area contributed by atoms with E-state index < -0.39 is 0 Å². The summed E-state index contributed by atoms with van der Waals surface area (Å²) in [6, 6.07) is 8.48. The second kappa shape index (κ2) is 4.88. The molecular weight excluding hydrogens is 264 g/mol. The van der Waals surface area contributed by atoms with E-state index in [-0.39, 0.29) is 18.1 Å². The minimum atomic E-state index is -0.224. The van der Waals surface area contributed by atoms with Crippen LogP contribution in [0.15, 0.2) is 24.3 Å². The summed E-state index contributed by atoms with van der Waals surface area (Å²) in [7, 11) is 0. The van der Waals surface area contributed by atoms with Crippen molar-refractivity contribution >= 4 is 16.8 Å². The first-order valence-electron chi connectivity index (χ1n) is 7.77. The number of carbonyl (C=O) groups excluding carboxylic acids is 1. The number of carbonyl (C=O) groups is 1. The standard InChI is InChI=1S/C17H20N2O2/c1-11-16-13(12-5-2-3-6-14(12)18-16)8-9-19(11)17(20)15-7-4-10-21-15/h2-3,5-6,11,15,18H,4,7-10H2,1H3/t11-,15-/m1/s1. The molecule has 110 valence electrons. The third-order valence-corrected chi connectivity index (χ3v) is 4.82. The Balaban J connectivity index is 1.68. The number of nitrogens with zero attached hydrogens (tertiary/aromatic N) is 1. The molecular formula is C17H20N2O2. The fraction of sp³-hybridized carbons (Fsp3) is 0.471. The van der Waals surface area contributed by atoms with Crippen LogP contribution in [-0.2, 0) is 16.0 Å². The summed E-state index contributed by atoms with van der Waals surface area (Å²) in [6.07, 6.45) is 2.55. The van der Waals surface area contributed by atoms with Gasteiger partial charge in [0.2, 0.25) is 0 Å². The number of aromatic nitrogens is 1. The molecule has 2 aliphatic rings. The monoisotopic (exact) mass is 284 g/mol. The highest BCUT2D eigenvalue weighted by Crippen LogP contribution is 2.35. The third-order valence-electron chi connectivity index (χ3n) is 4.82. The van der Waals surface area contributed by atoms with Crippen molar-refractivity contribution < 1.29 is 9.53 Å². The van der Waals surface area contributed by atoms with Crippen LogP contribution in [0, 0.1) is 0 Å². The predicted molar refractivity (Wildman–Crippen MR) is 81.1 cm³/mol. The van der Waals surface area contributed by atoms with Gasteiger partial charge in [-0.15, -0.1) is 0 Å². The molecule has 21 heavy (non-hydrogen) atoms. The maximum atomic E-state index is 12.6. The number of amides is 1. The van der Waals surface area contributed by atoms with Crippen LogP contribution in [0.5, 0.6) is 0 Å². The fourth-order valence-electron chi connectivity index (χ4n) is 3.69. The molecule has 0 unspecified atom stereocenters. The summed E-state index contributed by atoms with van der Waals surface area (Å²) in [5, 5.41) is 1.29. The Morgan fingerprint density at radius 2 is 2.24 bits per heavy atom. The maximum Gasteiger partial charge on any atom is 0.252 e. The quantitative estimate of drug-likeness (QED) is 0.875. The summed E-state index contributed by atoms with van der Waals surface area (Å²) < 4.78 is 5.56. The largest absolute Gasteiger partial charge is 0.368 e. The highest BCUT2D eigenvalue weighted by atomic mass is 16.5. The molecule has 2 aliphatic heterocycles. The van der Waals surface area contributed by atoms with Gasteiger partial charge in [-0.2, -0.15) is 0 Å². The number of H-pyrrole nitrogens is 1.